The predicted molar refractivity (Wildman–Crippen MR) is 84.8 cm³/mol. The third kappa shape index (κ3) is 3.60. The Hall–Kier alpha value is -1.91. The second-order valence-corrected chi connectivity index (χ2v) is 5.18. The van der Waals surface area contributed by atoms with Crippen LogP contribution in [0, 0.1) is 10.1 Å². The fourth-order valence-corrected chi connectivity index (χ4v) is 2.72. The number of hydrogen-bond acceptors (Lipinski definition) is 3. The van der Waals surface area contributed by atoms with Gasteiger partial charge in [0.15, 0.2) is 0 Å². The summed E-state index contributed by atoms with van der Waals surface area (Å²) in [5, 5.41) is 14.3. The van der Waals surface area contributed by atoms with E-state index in [1.165, 1.54) is 11.1 Å². The minimum Gasteiger partial charge on any atom is -0.309 e. The molecule has 1 unspecified atom stereocenters. The predicted octanol–water partition coefficient (Wildman–Crippen LogP) is 3.27. The van der Waals surface area contributed by atoms with E-state index in [1.807, 2.05) is 24.3 Å². The quantitative estimate of drug-likeness (QED) is 0.696. The van der Waals surface area contributed by atoms with Gasteiger partial charge in [-0.1, -0.05) is 36.4 Å². The molecule has 0 heterocycles. The number of hydrogen-bond donors (Lipinski definition) is 1. The standard InChI is InChI=1S/C16H16N2O2.ClH/c19-18(20)16-7-6-13-8-15(9-14(13)10-16)17-11-12-4-2-1-3-5-12;/h1-7,10,15,17H,8-9,11H2;1H. The van der Waals surface area contributed by atoms with Crippen molar-refractivity contribution >= 4 is 18.1 Å². The highest BCUT2D eigenvalue weighted by molar-refractivity contribution is 5.85. The molecule has 0 saturated carbocycles. The molecule has 0 fully saturated rings. The molecular formula is C16H17ClN2O2. The summed E-state index contributed by atoms with van der Waals surface area (Å²) in [5.74, 6) is 0. The lowest BCUT2D eigenvalue weighted by atomic mass is 10.1. The molecule has 1 aliphatic carbocycles. The van der Waals surface area contributed by atoms with Crippen molar-refractivity contribution in [2.45, 2.75) is 25.4 Å². The first-order valence-corrected chi connectivity index (χ1v) is 6.76. The molecule has 3 rings (SSSR count). The van der Waals surface area contributed by atoms with Crippen LogP contribution in [0.25, 0.3) is 0 Å². The van der Waals surface area contributed by atoms with E-state index >= 15 is 0 Å². The van der Waals surface area contributed by atoms with Gasteiger partial charge in [-0.2, -0.15) is 0 Å². The molecule has 0 aromatic heterocycles. The zero-order valence-corrected chi connectivity index (χ0v) is 12.3. The molecule has 1 atom stereocenters. The van der Waals surface area contributed by atoms with E-state index < -0.39 is 0 Å². The Kier molecular flexibility index (Phi) is 4.94. The van der Waals surface area contributed by atoms with Crippen molar-refractivity contribution in [2.75, 3.05) is 0 Å². The molecule has 0 saturated heterocycles. The largest absolute Gasteiger partial charge is 0.309 e. The highest BCUT2D eigenvalue weighted by Gasteiger charge is 2.22. The molecule has 2 aromatic carbocycles. The summed E-state index contributed by atoms with van der Waals surface area (Å²) in [6.45, 7) is 0.835. The van der Waals surface area contributed by atoms with E-state index in [1.54, 1.807) is 12.1 Å². The summed E-state index contributed by atoms with van der Waals surface area (Å²) in [4.78, 5) is 10.5. The number of halogens is 1. The Labute approximate surface area is 129 Å². The Morgan fingerprint density at radius 3 is 2.52 bits per heavy atom. The zero-order valence-electron chi connectivity index (χ0n) is 11.5. The summed E-state index contributed by atoms with van der Waals surface area (Å²) in [6.07, 6.45) is 1.81. The molecule has 2 aromatic rings. The summed E-state index contributed by atoms with van der Waals surface area (Å²) >= 11 is 0. The lowest BCUT2D eigenvalue weighted by Crippen LogP contribution is -2.28. The fourth-order valence-electron chi connectivity index (χ4n) is 2.72. The van der Waals surface area contributed by atoms with Gasteiger partial charge in [-0.3, -0.25) is 10.1 Å². The maximum Gasteiger partial charge on any atom is 0.269 e. The molecule has 0 amide bonds. The fraction of sp³-hybridized carbons (Fsp3) is 0.250. The van der Waals surface area contributed by atoms with Gasteiger partial charge < -0.3 is 5.32 Å². The van der Waals surface area contributed by atoms with Crippen LogP contribution in [0.4, 0.5) is 5.69 Å². The van der Waals surface area contributed by atoms with Gasteiger partial charge in [-0.15, -0.1) is 12.4 Å². The SMILES string of the molecule is Cl.O=[N+]([O-])c1ccc2c(c1)CC(NCc1ccccc1)C2. The number of fused-ring (bicyclic) bond motifs is 1. The molecule has 1 N–H and O–H groups in total. The lowest BCUT2D eigenvalue weighted by molar-refractivity contribution is -0.384. The molecule has 5 heteroatoms. The smallest absolute Gasteiger partial charge is 0.269 e. The van der Waals surface area contributed by atoms with Crippen molar-refractivity contribution in [1.82, 2.24) is 5.32 Å². The molecule has 0 spiro atoms. The number of nitrogens with zero attached hydrogens (tertiary/aromatic N) is 1. The number of nitrogens with one attached hydrogen (secondary N) is 1. The lowest BCUT2D eigenvalue weighted by Gasteiger charge is -2.11. The van der Waals surface area contributed by atoms with Gasteiger partial charge in [-0.05, 0) is 29.5 Å². The third-order valence-corrected chi connectivity index (χ3v) is 3.77. The molecule has 1 aliphatic rings. The molecular weight excluding hydrogens is 288 g/mol. The number of non-ortho nitro benzene ring substituents is 1. The first kappa shape index (κ1) is 15.5. The van der Waals surface area contributed by atoms with Gasteiger partial charge in [-0.25, -0.2) is 0 Å². The molecule has 110 valence electrons. The topological polar surface area (TPSA) is 55.2 Å². The Morgan fingerprint density at radius 1 is 1.10 bits per heavy atom. The minimum absolute atomic E-state index is 0. The van der Waals surface area contributed by atoms with Crippen LogP contribution in [0.1, 0.15) is 16.7 Å². The van der Waals surface area contributed by atoms with Crippen LogP contribution in [0.5, 0.6) is 0 Å². The second-order valence-electron chi connectivity index (χ2n) is 5.18. The summed E-state index contributed by atoms with van der Waals surface area (Å²) < 4.78 is 0. The molecule has 0 radical (unpaired) electrons. The summed E-state index contributed by atoms with van der Waals surface area (Å²) in [6, 6.07) is 15.8. The van der Waals surface area contributed by atoms with Crippen LogP contribution in [0.15, 0.2) is 48.5 Å². The second kappa shape index (κ2) is 6.70. The average molecular weight is 305 g/mol. The van der Waals surface area contributed by atoms with Crippen LogP contribution >= 0.6 is 12.4 Å². The minimum atomic E-state index is -0.328. The van der Waals surface area contributed by atoms with E-state index in [-0.39, 0.29) is 23.0 Å². The maximum atomic E-state index is 10.8. The molecule has 21 heavy (non-hydrogen) atoms. The van der Waals surface area contributed by atoms with Crippen LogP contribution in [0.2, 0.25) is 0 Å². The monoisotopic (exact) mass is 304 g/mol. The van der Waals surface area contributed by atoms with Crippen molar-refractivity contribution in [1.29, 1.82) is 0 Å². The highest BCUT2D eigenvalue weighted by Crippen LogP contribution is 2.26. The van der Waals surface area contributed by atoms with Gasteiger partial charge in [0.05, 0.1) is 4.92 Å². The van der Waals surface area contributed by atoms with E-state index in [0.29, 0.717) is 6.04 Å². The van der Waals surface area contributed by atoms with Gasteiger partial charge in [0.25, 0.3) is 5.69 Å². The number of benzene rings is 2. The van der Waals surface area contributed by atoms with Crippen molar-refractivity contribution in [3.05, 3.63) is 75.3 Å². The van der Waals surface area contributed by atoms with Gasteiger partial charge in [0.2, 0.25) is 0 Å². The Balaban J connectivity index is 0.00000161. The number of nitro groups is 1. The van der Waals surface area contributed by atoms with Crippen molar-refractivity contribution in [3.63, 3.8) is 0 Å². The van der Waals surface area contributed by atoms with Crippen molar-refractivity contribution in [3.8, 4) is 0 Å². The van der Waals surface area contributed by atoms with Crippen LogP contribution in [-0.4, -0.2) is 11.0 Å². The van der Waals surface area contributed by atoms with Gasteiger partial charge in [0.1, 0.15) is 0 Å². The van der Waals surface area contributed by atoms with Crippen LogP contribution in [-0.2, 0) is 19.4 Å². The third-order valence-electron chi connectivity index (χ3n) is 3.77. The molecule has 0 aliphatic heterocycles. The Morgan fingerprint density at radius 2 is 1.81 bits per heavy atom. The zero-order chi connectivity index (χ0) is 13.9. The van der Waals surface area contributed by atoms with Crippen molar-refractivity contribution in [2.24, 2.45) is 0 Å². The Bertz CT molecular complexity index is 631. The van der Waals surface area contributed by atoms with Crippen LogP contribution < -0.4 is 5.32 Å². The first-order valence-electron chi connectivity index (χ1n) is 6.76. The van der Waals surface area contributed by atoms with Crippen LogP contribution in [0.3, 0.4) is 0 Å². The van der Waals surface area contributed by atoms with E-state index in [0.717, 1.165) is 24.9 Å². The molecule has 0 bridgehead atoms. The van der Waals surface area contributed by atoms with Gasteiger partial charge in [0, 0.05) is 24.7 Å². The van der Waals surface area contributed by atoms with E-state index in [2.05, 4.69) is 17.4 Å². The summed E-state index contributed by atoms with van der Waals surface area (Å²) in [7, 11) is 0. The average Bonchev–Trinajstić information content (AvgIpc) is 2.88. The van der Waals surface area contributed by atoms with E-state index in [9.17, 15) is 10.1 Å². The van der Waals surface area contributed by atoms with E-state index in [4.69, 9.17) is 0 Å². The molecule has 4 nitrogen and oxygen atoms in total. The first-order chi connectivity index (χ1) is 9.72. The summed E-state index contributed by atoms with van der Waals surface area (Å²) in [5.41, 5.74) is 3.77. The number of rotatable bonds is 4. The highest BCUT2D eigenvalue weighted by atomic mass is 35.5. The van der Waals surface area contributed by atoms with Crippen molar-refractivity contribution < 1.29 is 4.92 Å². The van der Waals surface area contributed by atoms with Gasteiger partial charge >= 0.3 is 0 Å². The normalized spacial score (nSPS) is 16.1. The number of nitro benzene ring substituents is 1. The maximum absolute atomic E-state index is 10.8.